The standard InChI is InChI=1S/C15H24N2O3S/c1-12(2)16-11-13-3-5-15(6-4-13)21(19,20)17-9-7-14(18)8-10-17/h3-6,12,14,16,18H,7-11H2,1-2H3. The second-order valence-electron chi connectivity index (χ2n) is 5.81. The van der Waals surface area contributed by atoms with Crippen molar-refractivity contribution in [3.63, 3.8) is 0 Å². The second kappa shape index (κ2) is 6.87. The van der Waals surface area contributed by atoms with Crippen LogP contribution >= 0.6 is 0 Å². The zero-order chi connectivity index (χ0) is 15.5. The molecule has 0 atom stereocenters. The predicted molar refractivity (Wildman–Crippen MR) is 82.4 cm³/mol. The first kappa shape index (κ1) is 16.4. The molecule has 2 rings (SSSR count). The first-order valence-electron chi connectivity index (χ1n) is 7.40. The van der Waals surface area contributed by atoms with Gasteiger partial charge in [0.25, 0.3) is 0 Å². The number of aliphatic hydroxyl groups is 1. The van der Waals surface area contributed by atoms with Gasteiger partial charge in [-0.15, -0.1) is 0 Å². The van der Waals surface area contributed by atoms with E-state index in [9.17, 15) is 13.5 Å². The molecule has 0 aromatic heterocycles. The second-order valence-corrected chi connectivity index (χ2v) is 7.75. The van der Waals surface area contributed by atoms with E-state index in [1.165, 1.54) is 4.31 Å². The third-order valence-electron chi connectivity index (χ3n) is 3.70. The minimum absolute atomic E-state index is 0.326. The monoisotopic (exact) mass is 312 g/mol. The zero-order valence-corrected chi connectivity index (χ0v) is 13.4. The Morgan fingerprint density at radius 3 is 2.33 bits per heavy atom. The van der Waals surface area contributed by atoms with Crippen molar-refractivity contribution in [1.29, 1.82) is 0 Å². The van der Waals surface area contributed by atoms with Gasteiger partial charge in [0.1, 0.15) is 0 Å². The maximum atomic E-state index is 12.5. The first-order chi connectivity index (χ1) is 9.89. The van der Waals surface area contributed by atoms with E-state index in [2.05, 4.69) is 19.2 Å². The molecule has 1 fully saturated rings. The Morgan fingerprint density at radius 2 is 1.81 bits per heavy atom. The molecule has 0 amide bonds. The molecule has 0 aliphatic carbocycles. The summed E-state index contributed by atoms with van der Waals surface area (Å²) >= 11 is 0. The number of sulfonamides is 1. The Kier molecular flexibility index (Phi) is 5.37. The summed E-state index contributed by atoms with van der Waals surface area (Å²) in [5.41, 5.74) is 1.07. The molecule has 5 nitrogen and oxygen atoms in total. The van der Waals surface area contributed by atoms with Crippen LogP contribution in [0.5, 0.6) is 0 Å². The summed E-state index contributed by atoms with van der Waals surface area (Å²) in [6.07, 6.45) is 0.645. The van der Waals surface area contributed by atoms with Crippen molar-refractivity contribution in [3.8, 4) is 0 Å². The van der Waals surface area contributed by atoms with Gasteiger partial charge in [-0.2, -0.15) is 4.31 Å². The quantitative estimate of drug-likeness (QED) is 0.860. The lowest BCUT2D eigenvalue weighted by Gasteiger charge is -2.28. The average Bonchev–Trinajstić information content (AvgIpc) is 2.46. The highest BCUT2D eigenvalue weighted by Gasteiger charge is 2.28. The van der Waals surface area contributed by atoms with Gasteiger partial charge in [0, 0.05) is 25.7 Å². The normalized spacial score (nSPS) is 18.3. The van der Waals surface area contributed by atoms with Gasteiger partial charge in [-0.05, 0) is 30.5 Å². The van der Waals surface area contributed by atoms with Gasteiger partial charge < -0.3 is 10.4 Å². The molecule has 6 heteroatoms. The number of benzene rings is 1. The first-order valence-corrected chi connectivity index (χ1v) is 8.84. The van der Waals surface area contributed by atoms with Crippen molar-refractivity contribution in [3.05, 3.63) is 29.8 Å². The average molecular weight is 312 g/mol. The van der Waals surface area contributed by atoms with Gasteiger partial charge in [0.2, 0.25) is 10.0 Å². The van der Waals surface area contributed by atoms with Gasteiger partial charge in [0.15, 0.2) is 0 Å². The summed E-state index contributed by atoms with van der Waals surface area (Å²) < 4.78 is 26.5. The highest BCUT2D eigenvalue weighted by molar-refractivity contribution is 7.89. The maximum absolute atomic E-state index is 12.5. The highest BCUT2D eigenvalue weighted by Crippen LogP contribution is 2.21. The Labute approximate surface area is 127 Å². The molecule has 0 unspecified atom stereocenters. The van der Waals surface area contributed by atoms with Crippen LogP contribution in [0.2, 0.25) is 0 Å². The lowest BCUT2D eigenvalue weighted by molar-refractivity contribution is 0.113. The molecular formula is C15H24N2O3S. The van der Waals surface area contributed by atoms with Crippen molar-refractivity contribution in [2.75, 3.05) is 13.1 Å². The molecule has 0 saturated carbocycles. The van der Waals surface area contributed by atoms with E-state index in [1.807, 2.05) is 12.1 Å². The van der Waals surface area contributed by atoms with E-state index in [-0.39, 0.29) is 6.10 Å². The van der Waals surface area contributed by atoms with Gasteiger partial charge >= 0.3 is 0 Å². The van der Waals surface area contributed by atoms with Gasteiger partial charge in [-0.1, -0.05) is 26.0 Å². The molecule has 0 spiro atoms. The predicted octanol–water partition coefficient (Wildman–Crippen LogP) is 1.33. The largest absolute Gasteiger partial charge is 0.393 e. The lowest BCUT2D eigenvalue weighted by atomic mass is 10.1. The fraction of sp³-hybridized carbons (Fsp3) is 0.600. The Hall–Kier alpha value is -0.950. The molecule has 1 aromatic carbocycles. The molecular weight excluding hydrogens is 288 g/mol. The fourth-order valence-electron chi connectivity index (χ4n) is 2.33. The fourth-order valence-corrected chi connectivity index (χ4v) is 3.80. The number of nitrogens with zero attached hydrogens (tertiary/aromatic N) is 1. The van der Waals surface area contributed by atoms with Crippen LogP contribution in [-0.4, -0.2) is 43.1 Å². The number of piperidine rings is 1. The zero-order valence-electron chi connectivity index (χ0n) is 12.6. The molecule has 1 heterocycles. The molecule has 2 N–H and O–H groups in total. The van der Waals surface area contributed by atoms with Gasteiger partial charge in [0.05, 0.1) is 11.0 Å². The smallest absolute Gasteiger partial charge is 0.243 e. The highest BCUT2D eigenvalue weighted by atomic mass is 32.2. The summed E-state index contributed by atoms with van der Waals surface area (Å²) in [6, 6.07) is 7.42. The molecule has 0 bridgehead atoms. The minimum Gasteiger partial charge on any atom is -0.393 e. The van der Waals surface area contributed by atoms with Gasteiger partial charge in [-0.3, -0.25) is 0 Å². The van der Waals surface area contributed by atoms with Crippen LogP contribution in [0.4, 0.5) is 0 Å². The van der Waals surface area contributed by atoms with Crippen LogP contribution in [0.15, 0.2) is 29.2 Å². The van der Waals surface area contributed by atoms with E-state index in [0.717, 1.165) is 12.1 Å². The van der Waals surface area contributed by atoms with Gasteiger partial charge in [-0.25, -0.2) is 8.42 Å². The summed E-state index contributed by atoms with van der Waals surface area (Å²) in [5, 5.41) is 12.8. The summed E-state index contributed by atoms with van der Waals surface area (Å²) in [7, 11) is -3.43. The van der Waals surface area contributed by atoms with Crippen LogP contribution in [0.1, 0.15) is 32.3 Å². The Bertz CT molecular complexity index is 547. The molecule has 1 aliphatic heterocycles. The molecule has 0 radical (unpaired) electrons. The molecule has 1 aromatic rings. The van der Waals surface area contributed by atoms with Crippen molar-refractivity contribution in [2.45, 2.75) is 50.3 Å². The lowest BCUT2D eigenvalue weighted by Crippen LogP contribution is -2.39. The number of hydrogen-bond acceptors (Lipinski definition) is 4. The van der Waals surface area contributed by atoms with E-state index in [0.29, 0.717) is 36.9 Å². The van der Waals surface area contributed by atoms with Crippen LogP contribution in [0.3, 0.4) is 0 Å². The minimum atomic E-state index is -3.43. The van der Waals surface area contributed by atoms with Crippen molar-refractivity contribution in [1.82, 2.24) is 9.62 Å². The Morgan fingerprint density at radius 1 is 1.24 bits per heavy atom. The third kappa shape index (κ3) is 4.26. The van der Waals surface area contributed by atoms with E-state index in [1.54, 1.807) is 12.1 Å². The number of aliphatic hydroxyl groups excluding tert-OH is 1. The van der Waals surface area contributed by atoms with E-state index < -0.39 is 10.0 Å². The van der Waals surface area contributed by atoms with Crippen LogP contribution in [-0.2, 0) is 16.6 Å². The number of hydrogen-bond donors (Lipinski definition) is 2. The SMILES string of the molecule is CC(C)NCc1ccc(S(=O)(=O)N2CCC(O)CC2)cc1. The van der Waals surface area contributed by atoms with E-state index >= 15 is 0 Å². The molecule has 1 saturated heterocycles. The van der Waals surface area contributed by atoms with Crippen LogP contribution < -0.4 is 5.32 Å². The summed E-state index contributed by atoms with van der Waals surface area (Å²) in [6.45, 7) is 5.65. The third-order valence-corrected chi connectivity index (χ3v) is 5.61. The summed E-state index contributed by atoms with van der Waals surface area (Å²) in [5.74, 6) is 0. The molecule has 1 aliphatic rings. The van der Waals surface area contributed by atoms with Crippen molar-refractivity contribution < 1.29 is 13.5 Å². The van der Waals surface area contributed by atoms with Crippen LogP contribution in [0.25, 0.3) is 0 Å². The number of rotatable bonds is 5. The van der Waals surface area contributed by atoms with Crippen molar-refractivity contribution in [2.24, 2.45) is 0 Å². The molecule has 21 heavy (non-hydrogen) atoms. The maximum Gasteiger partial charge on any atom is 0.243 e. The molecule has 118 valence electrons. The summed E-state index contributed by atoms with van der Waals surface area (Å²) in [4.78, 5) is 0.326. The van der Waals surface area contributed by atoms with Crippen molar-refractivity contribution >= 4 is 10.0 Å². The Balaban J connectivity index is 2.06. The topological polar surface area (TPSA) is 69.6 Å². The number of nitrogens with one attached hydrogen (secondary N) is 1. The van der Waals surface area contributed by atoms with E-state index in [4.69, 9.17) is 0 Å². The van der Waals surface area contributed by atoms with Crippen LogP contribution in [0, 0.1) is 0 Å².